The van der Waals surface area contributed by atoms with Gasteiger partial charge in [0.25, 0.3) is 0 Å². The summed E-state index contributed by atoms with van der Waals surface area (Å²) in [6.45, 7) is 2.32. The van der Waals surface area contributed by atoms with Crippen LogP contribution in [0.2, 0.25) is 0 Å². The molecule has 3 aromatic carbocycles. The van der Waals surface area contributed by atoms with Crippen LogP contribution in [0.4, 0.5) is 0 Å². The van der Waals surface area contributed by atoms with Gasteiger partial charge in [-0.15, -0.1) is 0 Å². The molecule has 0 saturated heterocycles. The number of rotatable bonds is 4. The molecule has 0 bridgehead atoms. The summed E-state index contributed by atoms with van der Waals surface area (Å²) in [6, 6.07) is 33.0. The topological polar surface area (TPSA) is 164 Å². The minimum absolute atomic E-state index is 1.14. The van der Waals surface area contributed by atoms with E-state index in [0.29, 0.717) is 0 Å². The number of hydrogen-bond donors (Lipinski definition) is 3. The molecule has 168 valence electrons. The fourth-order valence-electron chi connectivity index (χ4n) is 3.04. The SMILES string of the molecule is CC[P+](c1ccccc1)(c1ccccc1)c1ccccc1.O=P(O)(O)O.O=P([O-])([O-])[O-]. The predicted octanol–water partition coefficient (Wildman–Crippen LogP) is 0.247. The molecule has 3 N–H and O–H groups in total. The molecule has 0 aliphatic heterocycles. The van der Waals surface area contributed by atoms with Crippen LogP contribution in [0.25, 0.3) is 0 Å². The normalized spacial score (nSPS) is 11.5. The summed E-state index contributed by atoms with van der Waals surface area (Å²) >= 11 is 0. The zero-order chi connectivity index (χ0) is 23.5. The van der Waals surface area contributed by atoms with Crippen molar-refractivity contribution in [2.24, 2.45) is 0 Å². The number of hydrogen-bond acceptors (Lipinski definition) is 5. The van der Waals surface area contributed by atoms with Crippen LogP contribution in [-0.2, 0) is 9.13 Å². The molecule has 31 heavy (non-hydrogen) atoms. The van der Waals surface area contributed by atoms with Crippen molar-refractivity contribution < 1.29 is 38.5 Å². The maximum absolute atomic E-state index is 8.88. The van der Waals surface area contributed by atoms with Crippen LogP contribution < -0.4 is 30.6 Å². The van der Waals surface area contributed by atoms with E-state index in [1.807, 2.05) is 0 Å². The molecule has 0 amide bonds. The molecule has 0 unspecified atom stereocenters. The minimum Gasteiger partial charge on any atom is -0.822 e. The average Bonchev–Trinajstić information content (AvgIpc) is 2.69. The van der Waals surface area contributed by atoms with Crippen LogP contribution in [0.15, 0.2) is 91.0 Å². The first-order valence-corrected chi connectivity index (χ1v) is 13.9. The van der Waals surface area contributed by atoms with Crippen LogP contribution in [0.3, 0.4) is 0 Å². The van der Waals surface area contributed by atoms with Crippen molar-refractivity contribution in [2.75, 3.05) is 6.16 Å². The highest BCUT2D eigenvalue weighted by Gasteiger charge is 2.43. The van der Waals surface area contributed by atoms with Gasteiger partial charge in [-0.1, -0.05) is 54.6 Å². The Kier molecular flexibility index (Phi) is 10.9. The smallest absolute Gasteiger partial charge is 0.466 e. The first kappa shape index (κ1) is 27.3. The largest absolute Gasteiger partial charge is 0.822 e. The summed E-state index contributed by atoms with van der Waals surface area (Å²) in [7, 11) is -11.6. The standard InChI is InChI=1S/C20H20P.2H3O4P/c1-2-21(18-12-6-3-7-13-18,19-14-8-4-9-15-19)20-16-10-5-11-17-20;2*1-5(2,3)4/h3-17H,2H2,1H3;2*(H3,1,2,3,4)/q+1;;/p-3. The summed E-state index contributed by atoms with van der Waals surface area (Å²) in [5.41, 5.74) is 0. The van der Waals surface area contributed by atoms with Gasteiger partial charge in [-0.25, -0.2) is 4.57 Å². The predicted molar refractivity (Wildman–Crippen MR) is 118 cm³/mol. The first-order chi connectivity index (χ1) is 14.4. The highest BCUT2D eigenvalue weighted by Crippen LogP contribution is 2.54. The van der Waals surface area contributed by atoms with E-state index in [4.69, 9.17) is 38.5 Å². The van der Waals surface area contributed by atoms with Gasteiger partial charge in [0, 0.05) is 0 Å². The third kappa shape index (κ3) is 10.4. The molecule has 8 nitrogen and oxygen atoms in total. The van der Waals surface area contributed by atoms with Gasteiger partial charge in [-0.3, -0.25) is 0 Å². The Hall–Kier alpha value is -1.69. The molecule has 0 aromatic heterocycles. The Morgan fingerprint density at radius 2 is 0.839 bits per heavy atom. The Bertz CT molecular complexity index is 856. The number of benzene rings is 3. The quantitative estimate of drug-likeness (QED) is 0.444. The fourth-order valence-corrected chi connectivity index (χ4v) is 7.08. The molecule has 0 fully saturated rings. The van der Waals surface area contributed by atoms with Crippen molar-refractivity contribution in [3.63, 3.8) is 0 Å². The van der Waals surface area contributed by atoms with Gasteiger partial charge in [0.15, 0.2) is 0 Å². The highest BCUT2D eigenvalue weighted by molar-refractivity contribution is 7.95. The summed E-state index contributed by atoms with van der Waals surface area (Å²) in [6.07, 6.45) is 1.14. The van der Waals surface area contributed by atoms with Gasteiger partial charge >= 0.3 is 7.82 Å². The highest BCUT2D eigenvalue weighted by atomic mass is 31.2. The molecule has 0 heterocycles. The molecule has 3 rings (SSSR count). The van der Waals surface area contributed by atoms with Gasteiger partial charge < -0.3 is 33.9 Å². The van der Waals surface area contributed by atoms with Crippen LogP contribution in [0.5, 0.6) is 0 Å². The molecule has 11 heteroatoms. The van der Waals surface area contributed by atoms with Crippen molar-refractivity contribution in [1.82, 2.24) is 0 Å². The van der Waals surface area contributed by atoms with E-state index in [1.54, 1.807) is 0 Å². The maximum Gasteiger partial charge on any atom is 0.466 e. The lowest BCUT2D eigenvalue weighted by Crippen LogP contribution is -2.32. The molecular weight excluding hydrogens is 461 g/mol. The average molecular weight is 484 g/mol. The second kappa shape index (κ2) is 12.4. The van der Waals surface area contributed by atoms with Crippen LogP contribution in [-0.4, -0.2) is 20.8 Å². The van der Waals surface area contributed by atoms with Crippen LogP contribution >= 0.6 is 22.9 Å². The Morgan fingerprint density at radius 1 is 0.645 bits per heavy atom. The van der Waals surface area contributed by atoms with Crippen LogP contribution in [0.1, 0.15) is 6.92 Å². The monoisotopic (exact) mass is 484 g/mol. The molecule has 0 saturated carbocycles. The molecule has 3 aromatic rings. The van der Waals surface area contributed by atoms with Crippen molar-refractivity contribution in [3.8, 4) is 0 Å². The van der Waals surface area contributed by atoms with Crippen molar-refractivity contribution >= 4 is 38.8 Å². The van der Waals surface area contributed by atoms with E-state index < -0.39 is 22.9 Å². The Balaban J connectivity index is 0.000000404. The van der Waals surface area contributed by atoms with E-state index in [0.717, 1.165) is 6.16 Å². The van der Waals surface area contributed by atoms with E-state index >= 15 is 0 Å². The van der Waals surface area contributed by atoms with Crippen molar-refractivity contribution in [3.05, 3.63) is 91.0 Å². The van der Waals surface area contributed by atoms with Gasteiger partial charge in [-0.05, 0) is 43.3 Å². The second-order valence-electron chi connectivity index (χ2n) is 6.09. The molecule has 0 atom stereocenters. The molecular formula is C20H23O8P3-2. The minimum atomic E-state index is -5.39. The third-order valence-electron chi connectivity index (χ3n) is 4.07. The number of phosphoric acid groups is 2. The summed E-state index contributed by atoms with van der Waals surface area (Å²) in [4.78, 5) is 47.2. The lowest BCUT2D eigenvalue weighted by molar-refractivity contribution is -0.432. The summed E-state index contributed by atoms with van der Waals surface area (Å²) in [5, 5.41) is 4.39. The van der Waals surface area contributed by atoms with Gasteiger partial charge in [0.05, 0.1) is 6.16 Å². The van der Waals surface area contributed by atoms with Crippen molar-refractivity contribution in [2.45, 2.75) is 6.92 Å². The molecule has 0 aliphatic carbocycles. The maximum atomic E-state index is 8.88. The van der Waals surface area contributed by atoms with E-state index in [9.17, 15) is 0 Å². The zero-order valence-electron chi connectivity index (χ0n) is 16.6. The Labute approximate surface area is 181 Å². The fraction of sp³-hybridized carbons (Fsp3) is 0.100. The third-order valence-corrected chi connectivity index (χ3v) is 8.55. The second-order valence-corrected chi connectivity index (χ2v) is 11.8. The first-order valence-electron chi connectivity index (χ1n) is 8.94. The molecule has 0 radical (unpaired) electrons. The van der Waals surface area contributed by atoms with E-state index in [2.05, 4.69) is 97.9 Å². The van der Waals surface area contributed by atoms with Gasteiger partial charge in [0.1, 0.15) is 23.2 Å². The Morgan fingerprint density at radius 3 is 1.00 bits per heavy atom. The van der Waals surface area contributed by atoms with E-state index in [1.165, 1.54) is 15.9 Å². The summed E-state index contributed by atoms with van der Waals surface area (Å²) < 4.78 is 17.4. The molecule has 0 aliphatic rings. The van der Waals surface area contributed by atoms with Gasteiger partial charge in [0.2, 0.25) is 0 Å². The van der Waals surface area contributed by atoms with Gasteiger partial charge in [-0.2, -0.15) is 7.82 Å². The van der Waals surface area contributed by atoms with Crippen molar-refractivity contribution in [1.29, 1.82) is 0 Å². The van der Waals surface area contributed by atoms with Crippen LogP contribution in [0, 0.1) is 0 Å². The lowest BCUT2D eigenvalue weighted by atomic mass is 10.4. The van der Waals surface area contributed by atoms with E-state index in [-0.39, 0.29) is 0 Å². The molecule has 0 spiro atoms. The zero-order valence-corrected chi connectivity index (χ0v) is 19.3. The lowest BCUT2D eigenvalue weighted by Gasteiger charge is -2.36. The summed E-state index contributed by atoms with van der Waals surface area (Å²) in [5.74, 6) is 0.